The van der Waals surface area contributed by atoms with Crippen LogP contribution in [0.3, 0.4) is 0 Å². The van der Waals surface area contributed by atoms with Crippen LogP contribution < -0.4 is 10.4 Å². The standard InChI is InChI=1S/C29H42BN3O4/c1-20(34)31-15-11-29(12-16-31)24-10-9-21(30-36-27(2,3)28(4,5)37-30)17-25(24)33(26(29)35)23-18-22(19-23)32-13-7-6-8-14-32/h9-10,17,22-23H,6-8,11-16,18-19H2,1-5H3. The van der Waals surface area contributed by atoms with Gasteiger partial charge in [0.15, 0.2) is 0 Å². The number of nitrogens with zero attached hydrogens (tertiary/aromatic N) is 3. The molecular weight excluding hydrogens is 465 g/mol. The third kappa shape index (κ3) is 3.97. The quantitative estimate of drug-likeness (QED) is 0.588. The Morgan fingerprint density at radius 3 is 2.14 bits per heavy atom. The zero-order valence-corrected chi connectivity index (χ0v) is 23.2. The average Bonchev–Trinajstić information content (AvgIpc) is 3.20. The number of benzene rings is 1. The molecule has 4 fully saturated rings. The van der Waals surface area contributed by atoms with Gasteiger partial charge in [-0.2, -0.15) is 0 Å². The fourth-order valence-electron chi connectivity index (χ4n) is 7.13. The van der Waals surface area contributed by atoms with Crippen molar-refractivity contribution >= 4 is 30.1 Å². The highest BCUT2D eigenvalue weighted by atomic mass is 16.7. The first-order valence-corrected chi connectivity index (χ1v) is 14.4. The van der Waals surface area contributed by atoms with E-state index in [4.69, 9.17) is 9.31 Å². The second-order valence-electron chi connectivity index (χ2n) is 13.0. The molecule has 1 aromatic rings. The third-order valence-electron chi connectivity index (χ3n) is 10.4. The molecule has 4 heterocycles. The summed E-state index contributed by atoms with van der Waals surface area (Å²) in [6.45, 7) is 13.6. The number of hydrogen-bond donors (Lipinski definition) is 0. The Morgan fingerprint density at radius 1 is 0.919 bits per heavy atom. The number of fused-ring (bicyclic) bond motifs is 2. The molecule has 0 bridgehead atoms. The lowest BCUT2D eigenvalue weighted by Gasteiger charge is -2.48. The second kappa shape index (κ2) is 8.82. The van der Waals surface area contributed by atoms with Crippen LogP contribution in [0.5, 0.6) is 0 Å². The van der Waals surface area contributed by atoms with Crippen LogP contribution in [0.15, 0.2) is 18.2 Å². The molecule has 6 rings (SSSR count). The number of piperidine rings is 2. The van der Waals surface area contributed by atoms with Crippen LogP contribution in [0, 0.1) is 0 Å². The number of rotatable bonds is 3. The number of anilines is 1. The Hall–Kier alpha value is -1.90. The van der Waals surface area contributed by atoms with Gasteiger partial charge >= 0.3 is 7.12 Å². The molecule has 4 aliphatic heterocycles. The molecule has 0 unspecified atom stereocenters. The number of amides is 2. The first-order chi connectivity index (χ1) is 17.5. The van der Waals surface area contributed by atoms with E-state index >= 15 is 0 Å². The van der Waals surface area contributed by atoms with Gasteiger partial charge in [0, 0.05) is 37.8 Å². The Morgan fingerprint density at radius 2 is 1.54 bits per heavy atom. The highest BCUT2D eigenvalue weighted by Crippen LogP contribution is 2.51. The van der Waals surface area contributed by atoms with Gasteiger partial charge in [-0.25, -0.2) is 0 Å². The van der Waals surface area contributed by atoms with Crippen LogP contribution in [0.2, 0.25) is 0 Å². The molecule has 3 saturated heterocycles. The van der Waals surface area contributed by atoms with Gasteiger partial charge in [-0.3, -0.25) is 9.59 Å². The molecule has 5 aliphatic rings. The summed E-state index contributed by atoms with van der Waals surface area (Å²) >= 11 is 0. The van der Waals surface area contributed by atoms with Crippen LogP contribution >= 0.6 is 0 Å². The minimum absolute atomic E-state index is 0.0943. The van der Waals surface area contributed by atoms with E-state index in [1.54, 1.807) is 6.92 Å². The minimum atomic E-state index is -0.536. The van der Waals surface area contributed by atoms with Gasteiger partial charge < -0.3 is 24.0 Å². The van der Waals surface area contributed by atoms with E-state index in [2.05, 4.69) is 55.7 Å². The van der Waals surface area contributed by atoms with E-state index in [1.165, 1.54) is 32.4 Å². The van der Waals surface area contributed by atoms with E-state index < -0.39 is 23.7 Å². The molecule has 1 saturated carbocycles. The zero-order chi connectivity index (χ0) is 26.2. The summed E-state index contributed by atoms with van der Waals surface area (Å²) in [6.07, 6.45) is 7.38. The van der Waals surface area contributed by atoms with E-state index in [1.807, 2.05) is 4.90 Å². The maximum atomic E-state index is 14.3. The van der Waals surface area contributed by atoms with Crippen molar-refractivity contribution in [1.82, 2.24) is 9.80 Å². The summed E-state index contributed by atoms with van der Waals surface area (Å²) in [7, 11) is -0.453. The first kappa shape index (κ1) is 25.4. The predicted molar refractivity (Wildman–Crippen MR) is 145 cm³/mol. The van der Waals surface area contributed by atoms with E-state index in [0.717, 1.165) is 29.6 Å². The van der Waals surface area contributed by atoms with Crippen molar-refractivity contribution in [2.75, 3.05) is 31.1 Å². The van der Waals surface area contributed by atoms with Gasteiger partial charge in [-0.15, -0.1) is 0 Å². The lowest BCUT2D eigenvalue weighted by molar-refractivity contribution is -0.134. The zero-order valence-electron chi connectivity index (χ0n) is 23.2. The maximum Gasteiger partial charge on any atom is 0.494 e. The Balaban J connectivity index is 1.31. The second-order valence-corrected chi connectivity index (χ2v) is 13.0. The summed E-state index contributed by atoms with van der Waals surface area (Å²) in [4.78, 5) is 33.0. The smallest absolute Gasteiger partial charge is 0.399 e. The number of likely N-dealkylation sites (tertiary alicyclic amines) is 2. The molecule has 1 aliphatic carbocycles. The van der Waals surface area contributed by atoms with Gasteiger partial charge in [0.2, 0.25) is 11.8 Å². The summed E-state index contributed by atoms with van der Waals surface area (Å²) in [6, 6.07) is 7.22. The van der Waals surface area contributed by atoms with E-state index in [-0.39, 0.29) is 17.9 Å². The van der Waals surface area contributed by atoms with Crippen molar-refractivity contribution < 1.29 is 18.9 Å². The molecule has 200 valence electrons. The van der Waals surface area contributed by atoms with Crippen LogP contribution in [0.25, 0.3) is 0 Å². The van der Waals surface area contributed by atoms with Crippen molar-refractivity contribution in [2.45, 2.75) is 108 Å². The van der Waals surface area contributed by atoms with Gasteiger partial charge in [0.25, 0.3) is 0 Å². The van der Waals surface area contributed by atoms with Gasteiger partial charge in [-0.1, -0.05) is 18.6 Å². The van der Waals surface area contributed by atoms with Crippen molar-refractivity contribution in [2.24, 2.45) is 0 Å². The molecule has 2 amide bonds. The molecule has 0 aromatic heterocycles. The Kier molecular flexibility index (Phi) is 6.05. The largest absolute Gasteiger partial charge is 0.494 e. The topological polar surface area (TPSA) is 62.3 Å². The molecule has 1 aromatic carbocycles. The van der Waals surface area contributed by atoms with Crippen molar-refractivity contribution in [1.29, 1.82) is 0 Å². The molecule has 8 heteroatoms. The SMILES string of the molecule is CC(=O)N1CCC2(CC1)C(=O)N(C1CC(N3CCCCC3)C1)c1cc(B3OC(C)(C)C(C)(C)O3)ccc12. The number of carbonyl (C=O) groups is 2. The van der Waals surface area contributed by atoms with Gasteiger partial charge in [-0.05, 0) is 96.4 Å². The van der Waals surface area contributed by atoms with Crippen molar-refractivity contribution in [3.05, 3.63) is 23.8 Å². The molecule has 1 spiro atoms. The summed E-state index contributed by atoms with van der Waals surface area (Å²) in [5.41, 5.74) is 1.77. The fraction of sp³-hybridized carbons (Fsp3) is 0.724. The van der Waals surface area contributed by atoms with Gasteiger partial charge in [0.05, 0.1) is 16.6 Å². The number of hydrogen-bond acceptors (Lipinski definition) is 5. The van der Waals surface area contributed by atoms with Crippen LogP contribution in [0.4, 0.5) is 5.69 Å². The molecular formula is C29H42BN3O4. The van der Waals surface area contributed by atoms with Crippen molar-refractivity contribution in [3.63, 3.8) is 0 Å². The minimum Gasteiger partial charge on any atom is -0.399 e. The van der Waals surface area contributed by atoms with Gasteiger partial charge in [0.1, 0.15) is 0 Å². The Bertz CT molecular complexity index is 1070. The van der Waals surface area contributed by atoms with E-state index in [0.29, 0.717) is 32.0 Å². The number of carbonyl (C=O) groups excluding carboxylic acids is 2. The lowest BCUT2D eigenvalue weighted by Crippen LogP contribution is -2.58. The Labute approximate surface area is 222 Å². The maximum absolute atomic E-state index is 14.3. The van der Waals surface area contributed by atoms with Crippen LogP contribution in [-0.4, -0.2) is 78.2 Å². The van der Waals surface area contributed by atoms with Crippen molar-refractivity contribution in [3.8, 4) is 0 Å². The average molecular weight is 507 g/mol. The van der Waals surface area contributed by atoms with E-state index in [9.17, 15) is 9.59 Å². The fourth-order valence-corrected chi connectivity index (χ4v) is 7.13. The first-order valence-electron chi connectivity index (χ1n) is 14.4. The predicted octanol–water partition coefficient (Wildman–Crippen LogP) is 3.23. The molecule has 0 atom stereocenters. The summed E-state index contributed by atoms with van der Waals surface area (Å²) in [5.74, 6) is 0.329. The molecule has 7 nitrogen and oxygen atoms in total. The molecule has 37 heavy (non-hydrogen) atoms. The molecule has 0 N–H and O–H groups in total. The summed E-state index contributed by atoms with van der Waals surface area (Å²) in [5, 5.41) is 0. The monoisotopic (exact) mass is 507 g/mol. The normalized spacial score (nSPS) is 30.5. The molecule has 0 radical (unpaired) electrons. The highest BCUT2D eigenvalue weighted by molar-refractivity contribution is 6.62. The van der Waals surface area contributed by atoms with Crippen LogP contribution in [0.1, 0.15) is 85.1 Å². The third-order valence-corrected chi connectivity index (χ3v) is 10.4. The lowest BCUT2D eigenvalue weighted by atomic mass is 9.71. The highest BCUT2D eigenvalue weighted by Gasteiger charge is 2.57. The van der Waals surface area contributed by atoms with Crippen LogP contribution in [-0.2, 0) is 24.3 Å². The summed E-state index contributed by atoms with van der Waals surface area (Å²) < 4.78 is 12.7.